The molecule has 0 saturated carbocycles. The molecule has 0 aromatic rings. The van der Waals surface area contributed by atoms with Gasteiger partial charge in [-0.3, -0.25) is 9.69 Å². The molecule has 5 nitrogen and oxygen atoms in total. The first-order valence-corrected chi connectivity index (χ1v) is 6.61. The smallest absolute Gasteiger partial charge is 0.328 e. The molecule has 0 bridgehead atoms. The Morgan fingerprint density at radius 2 is 1.78 bits per heavy atom. The van der Waals surface area contributed by atoms with Gasteiger partial charge in [-0.1, -0.05) is 0 Å². The van der Waals surface area contributed by atoms with Gasteiger partial charge in [-0.2, -0.15) is 0 Å². The van der Waals surface area contributed by atoms with Crippen LogP contribution in [0.5, 0.6) is 0 Å². The summed E-state index contributed by atoms with van der Waals surface area (Å²) in [6.45, 7) is 3.76. The van der Waals surface area contributed by atoms with E-state index in [1.54, 1.807) is 4.90 Å². The van der Waals surface area contributed by atoms with Gasteiger partial charge in [-0.25, -0.2) is 4.79 Å². The molecule has 0 spiro atoms. The van der Waals surface area contributed by atoms with Gasteiger partial charge < -0.3 is 10.0 Å². The highest BCUT2D eigenvalue weighted by molar-refractivity contribution is 5.93. The normalized spacial score (nSPS) is 25.8. The Kier molecular flexibility index (Phi) is 4.36. The fourth-order valence-corrected chi connectivity index (χ4v) is 2.81. The third-order valence-electron chi connectivity index (χ3n) is 3.73. The lowest BCUT2D eigenvalue weighted by atomic mass is 10.0. The molecule has 0 aromatic heterocycles. The van der Waals surface area contributed by atoms with Crippen molar-refractivity contribution >= 4 is 11.9 Å². The Bertz CT molecular complexity index is 348. The molecule has 1 N–H and O–H groups in total. The Balaban J connectivity index is 1.89. The van der Waals surface area contributed by atoms with E-state index in [4.69, 9.17) is 5.11 Å². The standard InChI is InChI=1S/C13H20N2O3/c16-12(5-6-13(17)18)15-9-3-4-11(10-15)14-7-1-2-8-14/h5-6,11H,1-4,7-10H2,(H,17,18)/b6-5+. The van der Waals surface area contributed by atoms with Crippen LogP contribution in [-0.4, -0.2) is 59.0 Å². The molecule has 2 rings (SSSR count). The van der Waals surface area contributed by atoms with Crippen molar-refractivity contribution in [3.63, 3.8) is 0 Å². The lowest BCUT2D eigenvalue weighted by Gasteiger charge is -2.37. The number of hydrogen-bond donors (Lipinski definition) is 1. The van der Waals surface area contributed by atoms with Crippen LogP contribution in [0.4, 0.5) is 0 Å². The molecule has 18 heavy (non-hydrogen) atoms. The van der Waals surface area contributed by atoms with Crippen molar-refractivity contribution in [3.8, 4) is 0 Å². The number of amides is 1. The largest absolute Gasteiger partial charge is 0.478 e. The van der Waals surface area contributed by atoms with Gasteiger partial charge in [0.05, 0.1) is 0 Å². The lowest BCUT2D eigenvalue weighted by Crippen LogP contribution is -2.48. The number of rotatable bonds is 3. The molecular weight excluding hydrogens is 232 g/mol. The molecule has 0 radical (unpaired) electrons. The predicted molar refractivity (Wildman–Crippen MR) is 67.2 cm³/mol. The monoisotopic (exact) mass is 252 g/mol. The van der Waals surface area contributed by atoms with Gasteiger partial charge in [0, 0.05) is 31.3 Å². The van der Waals surface area contributed by atoms with Crippen molar-refractivity contribution in [2.24, 2.45) is 0 Å². The summed E-state index contributed by atoms with van der Waals surface area (Å²) in [6.07, 6.45) is 6.74. The SMILES string of the molecule is O=C(O)/C=C/C(=O)N1CCCC(N2CCCC2)C1. The van der Waals surface area contributed by atoms with E-state index in [0.29, 0.717) is 6.04 Å². The highest BCUT2D eigenvalue weighted by Gasteiger charge is 2.28. The minimum Gasteiger partial charge on any atom is -0.478 e. The van der Waals surface area contributed by atoms with Gasteiger partial charge in [0.2, 0.25) is 5.91 Å². The first-order valence-electron chi connectivity index (χ1n) is 6.61. The molecule has 100 valence electrons. The highest BCUT2D eigenvalue weighted by atomic mass is 16.4. The zero-order valence-corrected chi connectivity index (χ0v) is 10.5. The van der Waals surface area contributed by atoms with E-state index < -0.39 is 5.97 Å². The zero-order chi connectivity index (χ0) is 13.0. The van der Waals surface area contributed by atoms with E-state index >= 15 is 0 Å². The van der Waals surface area contributed by atoms with E-state index in [9.17, 15) is 9.59 Å². The van der Waals surface area contributed by atoms with Crippen molar-refractivity contribution < 1.29 is 14.7 Å². The van der Waals surface area contributed by atoms with Gasteiger partial charge >= 0.3 is 5.97 Å². The van der Waals surface area contributed by atoms with Crippen LogP contribution in [0.1, 0.15) is 25.7 Å². The van der Waals surface area contributed by atoms with Crippen molar-refractivity contribution in [2.75, 3.05) is 26.2 Å². The zero-order valence-electron chi connectivity index (χ0n) is 10.5. The van der Waals surface area contributed by atoms with Gasteiger partial charge in [-0.05, 0) is 38.8 Å². The van der Waals surface area contributed by atoms with Crippen LogP contribution in [0, 0.1) is 0 Å². The van der Waals surface area contributed by atoms with Gasteiger partial charge in [0.1, 0.15) is 0 Å². The van der Waals surface area contributed by atoms with Gasteiger partial charge in [0.15, 0.2) is 0 Å². The van der Waals surface area contributed by atoms with Crippen LogP contribution in [0.2, 0.25) is 0 Å². The minimum atomic E-state index is -1.07. The van der Waals surface area contributed by atoms with E-state index in [2.05, 4.69) is 4.90 Å². The maximum Gasteiger partial charge on any atom is 0.328 e. The molecule has 0 aromatic carbocycles. The lowest BCUT2D eigenvalue weighted by molar-refractivity contribution is -0.132. The maximum absolute atomic E-state index is 11.8. The molecular formula is C13H20N2O3. The van der Waals surface area contributed by atoms with E-state index in [1.165, 1.54) is 12.8 Å². The van der Waals surface area contributed by atoms with Crippen molar-refractivity contribution in [2.45, 2.75) is 31.7 Å². The summed E-state index contributed by atoms with van der Waals surface area (Å²) in [5.41, 5.74) is 0. The van der Waals surface area contributed by atoms with E-state index in [1.807, 2.05) is 0 Å². The number of hydrogen-bond acceptors (Lipinski definition) is 3. The van der Waals surface area contributed by atoms with Crippen LogP contribution in [0.15, 0.2) is 12.2 Å². The summed E-state index contributed by atoms with van der Waals surface area (Å²) < 4.78 is 0. The quantitative estimate of drug-likeness (QED) is 0.752. The molecule has 5 heteroatoms. The summed E-state index contributed by atoms with van der Waals surface area (Å²) in [7, 11) is 0. The molecule has 2 heterocycles. The van der Waals surface area contributed by atoms with Crippen LogP contribution in [0.3, 0.4) is 0 Å². The van der Waals surface area contributed by atoms with Crippen molar-refractivity contribution in [3.05, 3.63) is 12.2 Å². The van der Waals surface area contributed by atoms with Crippen LogP contribution in [0.25, 0.3) is 0 Å². The summed E-state index contributed by atoms with van der Waals surface area (Å²) in [5, 5.41) is 8.52. The Morgan fingerprint density at radius 1 is 1.06 bits per heavy atom. The Hall–Kier alpha value is -1.36. The number of carboxylic acids is 1. The fourth-order valence-electron chi connectivity index (χ4n) is 2.81. The number of carboxylic acid groups (broad SMARTS) is 1. The number of nitrogens with zero attached hydrogens (tertiary/aromatic N) is 2. The third kappa shape index (κ3) is 3.32. The number of aliphatic carboxylic acids is 1. The number of likely N-dealkylation sites (tertiary alicyclic amines) is 2. The van der Waals surface area contributed by atoms with E-state index in [0.717, 1.165) is 51.2 Å². The number of carbonyl (C=O) groups is 2. The summed E-state index contributed by atoms with van der Waals surface area (Å²) in [5.74, 6) is -1.25. The summed E-state index contributed by atoms with van der Waals surface area (Å²) in [6, 6.07) is 0.462. The van der Waals surface area contributed by atoms with Crippen LogP contribution in [-0.2, 0) is 9.59 Å². The van der Waals surface area contributed by atoms with Crippen molar-refractivity contribution in [1.29, 1.82) is 0 Å². The van der Waals surface area contributed by atoms with E-state index in [-0.39, 0.29) is 5.91 Å². The first kappa shape index (κ1) is 13.1. The van der Waals surface area contributed by atoms with Crippen LogP contribution >= 0.6 is 0 Å². The molecule has 2 aliphatic heterocycles. The van der Waals surface area contributed by atoms with Crippen molar-refractivity contribution in [1.82, 2.24) is 9.80 Å². The molecule has 2 aliphatic rings. The van der Waals surface area contributed by atoms with Gasteiger partial charge in [-0.15, -0.1) is 0 Å². The average Bonchev–Trinajstić information content (AvgIpc) is 2.90. The number of carbonyl (C=O) groups excluding carboxylic acids is 1. The highest BCUT2D eigenvalue weighted by Crippen LogP contribution is 2.20. The Morgan fingerprint density at radius 3 is 2.44 bits per heavy atom. The maximum atomic E-state index is 11.8. The second kappa shape index (κ2) is 6.00. The van der Waals surface area contributed by atoms with Gasteiger partial charge in [0.25, 0.3) is 0 Å². The molecule has 1 unspecified atom stereocenters. The third-order valence-corrected chi connectivity index (χ3v) is 3.73. The molecule has 1 atom stereocenters. The second-order valence-corrected chi connectivity index (χ2v) is 4.99. The minimum absolute atomic E-state index is 0.179. The second-order valence-electron chi connectivity index (χ2n) is 4.99. The topological polar surface area (TPSA) is 60.9 Å². The average molecular weight is 252 g/mol. The molecule has 0 aliphatic carbocycles. The Labute approximate surface area is 107 Å². The predicted octanol–water partition coefficient (Wildman–Crippen LogP) is 0.714. The first-order chi connectivity index (χ1) is 8.66. The molecule has 2 saturated heterocycles. The number of piperidine rings is 1. The fraction of sp³-hybridized carbons (Fsp3) is 0.692. The van der Waals surface area contributed by atoms with Crippen LogP contribution < -0.4 is 0 Å². The molecule has 2 fully saturated rings. The molecule has 1 amide bonds. The summed E-state index contributed by atoms with van der Waals surface area (Å²) in [4.78, 5) is 26.4. The summed E-state index contributed by atoms with van der Waals surface area (Å²) >= 11 is 0.